The Balaban J connectivity index is 1.47. The van der Waals surface area contributed by atoms with Crippen LogP contribution in [0.5, 0.6) is 0 Å². The fourth-order valence-corrected chi connectivity index (χ4v) is 5.10. The van der Waals surface area contributed by atoms with Crippen LogP contribution >= 0.6 is 0 Å². The van der Waals surface area contributed by atoms with E-state index in [1.807, 2.05) is 0 Å². The van der Waals surface area contributed by atoms with Crippen LogP contribution in [-0.2, 0) is 12.8 Å². The minimum atomic E-state index is -0.547. The van der Waals surface area contributed by atoms with Gasteiger partial charge in [-0.2, -0.15) is 0 Å². The van der Waals surface area contributed by atoms with Crippen LogP contribution in [0.2, 0.25) is 0 Å². The van der Waals surface area contributed by atoms with E-state index < -0.39 is 5.60 Å². The van der Waals surface area contributed by atoms with E-state index in [0.29, 0.717) is 0 Å². The second kappa shape index (κ2) is 9.88. The molecule has 1 unspecified atom stereocenters. The third kappa shape index (κ3) is 5.48. The topological polar surface area (TPSA) is 35.5 Å². The number of aryl methyl sites for hydroxylation is 2. The molecular weight excluding hydrogens is 356 g/mol. The van der Waals surface area contributed by atoms with E-state index in [1.54, 1.807) is 0 Å². The summed E-state index contributed by atoms with van der Waals surface area (Å²) in [5.74, 6) is 0.212. The van der Waals surface area contributed by atoms with Gasteiger partial charge in [0.15, 0.2) is 0 Å². The number of aliphatic hydroxyl groups is 1. The fourth-order valence-electron chi connectivity index (χ4n) is 5.10. The molecule has 0 amide bonds. The average molecular weight is 393 g/mol. The molecule has 156 valence electrons. The molecule has 0 bridgehead atoms. The first-order chi connectivity index (χ1) is 14.2. The zero-order valence-corrected chi connectivity index (χ0v) is 17.7. The highest BCUT2D eigenvalue weighted by Crippen LogP contribution is 2.40. The summed E-state index contributed by atoms with van der Waals surface area (Å²) in [6.45, 7) is 5.26. The van der Waals surface area contributed by atoms with E-state index in [-0.39, 0.29) is 5.92 Å². The Morgan fingerprint density at radius 1 is 0.828 bits per heavy atom. The first-order valence-electron chi connectivity index (χ1n) is 11.5. The molecule has 2 aromatic carbocycles. The molecule has 1 aliphatic heterocycles. The molecule has 1 saturated heterocycles. The van der Waals surface area contributed by atoms with Crippen LogP contribution in [-0.4, -0.2) is 48.3 Å². The molecule has 4 rings (SSSR count). The van der Waals surface area contributed by atoms with Gasteiger partial charge >= 0.3 is 0 Å². The molecule has 1 saturated carbocycles. The largest absolute Gasteiger partial charge is 0.389 e. The fraction of sp³-hybridized carbons (Fsp3) is 0.538. The molecular formula is C26H36N2O. The lowest BCUT2D eigenvalue weighted by Crippen LogP contribution is -2.49. The predicted octanol–water partition coefficient (Wildman–Crippen LogP) is 4.16. The number of hydrogen-bond donors (Lipinski definition) is 2. The van der Waals surface area contributed by atoms with Gasteiger partial charge in [0.2, 0.25) is 0 Å². The zero-order valence-electron chi connectivity index (χ0n) is 17.7. The Morgan fingerprint density at radius 3 is 2.10 bits per heavy atom. The van der Waals surface area contributed by atoms with Crippen molar-refractivity contribution in [2.24, 2.45) is 0 Å². The maximum atomic E-state index is 11.6. The minimum Gasteiger partial charge on any atom is -0.389 e. The Hall–Kier alpha value is -1.68. The van der Waals surface area contributed by atoms with Crippen molar-refractivity contribution in [3.63, 3.8) is 0 Å². The lowest BCUT2D eigenvalue weighted by molar-refractivity contribution is -0.0316. The second-order valence-electron chi connectivity index (χ2n) is 8.99. The van der Waals surface area contributed by atoms with Crippen LogP contribution < -0.4 is 5.32 Å². The van der Waals surface area contributed by atoms with Crippen LogP contribution in [0.3, 0.4) is 0 Å². The van der Waals surface area contributed by atoms with E-state index in [2.05, 4.69) is 64.8 Å². The van der Waals surface area contributed by atoms with Gasteiger partial charge in [-0.3, -0.25) is 0 Å². The summed E-state index contributed by atoms with van der Waals surface area (Å²) < 4.78 is 0. The van der Waals surface area contributed by atoms with E-state index in [4.69, 9.17) is 0 Å². The molecule has 1 atom stereocenters. The summed E-state index contributed by atoms with van der Waals surface area (Å²) in [4.78, 5) is 2.54. The molecule has 1 aliphatic carbocycles. The lowest BCUT2D eigenvalue weighted by atomic mass is 9.72. The number of nitrogens with zero attached hydrogens (tertiary/aromatic N) is 1. The average Bonchev–Trinajstić information content (AvgIpc) is 2.78. The van der Waals surface area contributed by atoms with Crippen molar-refractivity contribution in [2.75, 3.05) is 32.7 Å². The SMILES string of the molecule is OC1(C(CN2CCNCC2)c2ccc(CCc3ccccc3)cc2)CCCCC1. The van der Waals surface area contributed by atoms with Gasteiger partial charge in [0, 0.05) is 38.6 Å². The smallest absolute Gasteiger partial charge is 0.0728 e. The van der Waals surface area contributed by atoms with Gasteiger partial charge in [-0.05, 0) is 42.4 Å². The Labute approximate surface area is 176 Å². The number of hydrogen-bond acceptors (Lipinski definition) is 3. The van der Waals surface area contributed by atoms with Crippen molar-refractivity contribution >= 4 is 0 Å². The van der Waals surface area contributed by atoms with Crippen LogP contribution in [0.15, 0.2) is 54.6 Å². The molecule has 2 aromatic rings. The molecule has 3 heteroatoms. The second-order valence-corrected chi connectivity index (χ2v) is 8.99. The standard InChI is InChI=1S/C26H36N2O/c29-26(15-5-2-6-16-26)25(21-28-19-17-27-18-20-28)24-13-11-23(12-14-24)10-9-22-7-3-1-4-8-22/h1,3-4,7-8,11-14,25,27,29H,2,5-6,9-10,15-21H2. The number of nitrogens with one attached hydrogen (secondary N) is 1. The number of benzene rings is 2. The van der Waals surface area contributed by atoms with Gasteiger partial charge in [-0.1, -0.05) is 73.9 Å². The number of piperazine rings is 1. The van der Waals surface area contributed by atoms with E-state index in [0.717, 1.165) is 71.2 Å². The van der Waals surface area contributed by atoms with Gasteiger partial charge < -0.3 is 15.3 Å². The highest BCUT2D eigenvalue weighted by molar-refractivity contribution is 5.29. The third-order valence-electron chi connectivity index (χ3n) is 6.95. The molecule has 1 heterocycles. The summed E-state index contributed by atoms with van der Waals surface area (Å²) in [5, 5.41) is 15.0. The molecule has 0 aromatic heterocycles. The summed E-state index contributed by atoms with van der Waals surface area (Å²) in [5.41, 5.74) is 3.55. The van der Waals surface area contributed by atoms with E-state index in [1.165, 1.54) is 23.1 Å². The van der Waals surface area contributed by atoms with E-state index in [9.17, 15) is 5.11 Å². The summed E-state index contributed by atoms with van der Waals surface area (Å²) in [7, 11) is 0. The first kappa shape index (κ1) is 20.6. The van der Waals surface area contributed by atoms with Gasteiger partial charge in [-0.15, -0.1) is 0 Å². The summed E-state index contributed by atoms with van der Waals surface area (Å²) in [6, 6.07) is 19.9. The summed E-state index contributed by atoms with van der Waals surface area (Å²) >= 11 is 0. The van der Waals surface area contributed by atoms with E-state index >= 15 is 0 Å². The lowest BCUT2D eigenvalue weighted by Gasteiger charge is -2.42. The van der Waals surface area contributed by atoms with Crippen molar-refractivity contribution in [2.45, 2.75) is 56.5 Å². The summed E-state index contributed by atoms with van der Waals surface area (Å²) in [6.07, 6.45) is 7.61. The van der Waals surface area contributed by atoms with Crippen LogP contribution in [0.25, 0.3) is 0 Å². The van der Waals surface area contributed by atoms with Gasteiger partial charge in [-0.25, -0.2) is 0 Å². The third-order valence-corrected chi connectivity index (χ3v) is 6.95. The monoisotopic (exact) mass is 392 g/mol. The normalized spacial score (nSPS) is 21.0. The maximum Gasteiger partial charge on any atom is 0.0728 e. The van der Waals surface area contributed by atoms with Crippen molar-refractivity contribution in [3.8, 4) is 0 Å². The highest BCUT2D eigenvalue weighted by Gasteiger charge is 2.39. The first-order valence-corrected chi connectivity index (χ1v) is 11.5. The van der Waals surface area contributed by atoms with Gasteiger partial charge in [0.05, 0.1) is 5.60 Å². The predicted molar refractivity (Wildman–Crippen MR) is 120 cm³/mol. The Kier molecular flexibility index (Phi) is 7.02. The number of rotatable bonds is 7. The zero-order chi connectivity index (χ0) is 19.9. The van der Waals surface area contributed by atoms with Crippen molar-refractivity contribution in [3.05, 3.63) is 71.3 Å². The Bertz CT molecular complexity index is 731. The van der Waals surface area contributed by atoms with Crippen molar-refractivity contribution < 1.29 is 5.11 Å². The van der Waals surface area contributed by atoms with Crippen LogP contribution in [0, 0.1) is 0 Å². The molecule has 2 aliphatic rings. The van der Waals surface area contributed by atoms with Crippen molar-refractivity contribution in [1.29, 1.82) is 0 Å². The van der Waals surface area contributed by atoms with Crippen molar-refractivity contribution in [1.82, 2.24) is 10.2 Å². The van der Waals surface area contributed by atoms with Gasteiger partial charge in [0.25, 0.3) is 0 Å². The molecule has 0 spiro atoms. The molecule has 2 N–H and O–H groups in total. The quantitative estimate of drug-likeness (QED) is 0.743. The van der Waals surface area contributed by atoms with Gasteiger partial charge in [0.1, 0.15) is 0 Å². The molecule has 29 heavy (non-hydrogen) atoms. The minimum absolute atomic E-state index is 0.212. The highest BCUT2D eigenvalue weighted by atomic mass is 16.3. The van der Waals surface area contributed by atoms with Crippen LogP contribution in [0.1, 0.15) is 54.7 Å². The Morgan fingerprint density at radius 2 is 1.45 bits per heavy atom. The molecule has 0 radical (unpaired) electrons. The molecule has 3 nitrogen and oxygen atoms in total. The maximum absolute atomic E-state index is 11.6. The van der Waals surface area contributed by atoms with Crippen LogP contribution in [0.4, 0.5) is 0 Å². The molecule has 2 fully saturated rings.